The number of hydrogen-bond acceptors (Lipinski definition) is 9. The number of aromatic nitrogens is 1. The van der Waals surface area contributed by atoms with E-state index in [1.807, 2.05) is 30.3 Å². The highest BCUT2D eigenvalue weighted by atomic mass is 32.2. The van der Waals surface area contributed by atoms with Crippen LogP contribution in [-0.4, -0.2) is 47.2 Å². The lowest BCUT2D eigenvalue weighted by molar-refractivity contribution is -0.122. The van der Waals surface area contributed by atoms with Crippen LogP contribution in [0.2, 0.25) is 0 Å². The minimum atomic E-state index is -0.824. The van der Waals surface area contributed by atoms with Crippen molar-refractivity contribution in [1.29, 1.82) is 0 Å². The summed E-state index contributed by atoms with van der Waals surface area (Å²) in [5.41, 5.74) is 1.99. The summed E-state index contributed by atoms with van der Waals surface area (Å²) in [6, 6.07) is 22.3. The Labute approximate surface area is 260 Å². The van der Waals surface area contributed by atoms with Gasteiger partial charge in [-0.1, -0.05) is 53.4 Å². The van der Waals surface area contributed by atoms with E-state index in [4.69, 9.17) is 9.47 Å². The molecule has 44 heavy (non-hydrogen) atoms. The van der Waals surface area contributed by atoms with Gasteiger partial charge in [-0.15, -0.1) is 0 Å². The molecule has 0 radical (unpaired) electrons. The number of fused-ring (bicyclic) bond motifs is 2. The maximum atomic E-state index is 14.0. The molecule has 6 rings (SSSR count). The largest absolute Gasteiger partial charge is 0.497 e. The van der Waals surface area contributed by atoms with Crippen molar-refractivity contribution >= 4 is 58.2 Å². The van der Waals surface area contributed by atoms with Crippen molar-refractivity contribution in [3.8, 4) is 5.75 Å². The molecule has 1 N–H and O–H groups in total. The Hall–Kier alpha value is -4.68. The fraction of sp³-hybridized carbons (Fsp3) is 0.219. The van der Waals surface area contributed by atoms with Crippen molar-refractivity contribution in [2.45, 2.75) is 29.7 Å². The highest BCUT2D eigenvalue weighted by Gasteiger charge is 2.56. The second-order valence-electron chi connectivity index (χ2n) is 10.1. The van der Waals surface area contributed by atoms with Gasteiger partial charge in [0.05, 0.1) is 35.9 Å². The van der Waals surface area contributed by atoms with Gasteiger partial charge in [-0.2, -0.15) is 0 Å². The topological polar surface area (TPSA) is 124 Å². The average molecular weight is 630 g/mol. The first-order valence-electron chi connectivity index (χ1n) is 13.8. The van der Waals surface area contributed by atoms with Crippen LogP contribution in [0.3, 0.4) is 0 Å². The minimum absolute atomic E-state index is 0.226. The number of imide groups is 1. The predicted octanol–water partition coefficient (Wildman–Crippen LogP) is 4.53. The fourth-order valence-corrected chi connectivity index (χ4v) is 8.28. The molecule has 0 spiro atoms. The molecule has 4 aromatic rings. The summed E-state index contributed by atoms with van der Waals surface area (Å²) < 4.78 is 11.6. The molecule has 2 aliphatic heterocycles. The van der Waals surface area contributed by atoms with E-state index < -0.39 is 34.9 Å². The van der Waals surface area contributed by atoms with Crippen LogP contribution < -0.4 is 19.8 Å². The Bertz CT molecular complexity index is 1800. The van der Waals surface area contributed by atoms with E-state index in [0.717, 1.165) is 33.6 Å². The smallest absolute Gasteiger partial charge is 0.338 e. The lowest BCUT2D eigenvalue weighted by atomic mass is 9.83. The summed E-state index contributed by atoms with van der Waals surface area (Å²) in [5.74, 6) is -2.41. The first kappa shape index (κ1) is 29.4. The summed E-state index contributed by atoms with van der Waals surface area (Å²) in [6.07, 6.45) is 0. The summed E-state index contributed by atoms with van der Waals surface area (Å²) in [5, 5.41) is 2.47. The van der Waals surface area contributed by atoms with Gasteiger partial charge < -0.3 is 14.8 Å². The van der Waals surface area contributed by atoms with Gasteiger partial charge in [-0.3, -0.25) is 23.7 Å². The van der Waals surface area contributed by atoms with E-state index in [1.165, 1.54) is 16.7 Å². The molecule has 1 fully saturated rings. The number of amides is 3. The van der Waals surface area contributed by atoms with Crippen molar-refractivity contribution in [2.75, 3.05) is 23.9 Å². The maximum Gasteiger partial charge on any atom is 0.338 e. The third kappa shape index (κ3) is 5.31. The molecular weight excluding hydrogens is 603 g/mol. The van der Waals surface area contributed by atoms with Crippen molar-refractivity contribution in [2.24, 2.45) is 5.92 Å². The Kier molecular flexibility index (Phi) is 8.11. The van der Waals surface area contributed by atoms with Crippen molar-refractivity contribution < 1.29 is 28.7 Å². The monoisotopic (exact) mass is 629 g/mol. The number of esters is 1. The van der Waals surface area contributed by atoms with E-state index in [2.05, 4.69) is 5.32 Å². The van der Waals surface area contributed by atoms with Gasteiger partial charge in [-0.25, -0.2) is 9.69 Å². The van der Waals surface area contributed by atoms with E-state index in [1.54, 1.807) is 50.4 Å². The Balaban J connectivity index is 1.34. The molecule has 1 saturated heterocycles. The van der Waals surface area contributed by atoms with Crippen LogP contribution in [0, 0.1) is 5.92 Å². The van der Waals surface area contributed by atoms with Crippen LogP contribution in [0.25, 0.3) is 0 Å². The maximum absolute atomic E-state index is 14.0. The van der Waals surface area contributed by atoms with E-state index in [-0.39, 0.29) is 23.9 Å². The Morgan fingerprint density at radius 1 is 0.909 bits per heavy atom. The van der Waals surface area contributed by atoms with Crippen LogP contribution in [0.5, 0.6) is 5.75 Å². The van der Waals surface area contributed by atoms with Gasteiger partial charge >= 0.3 is 10.8 Å². The normalized spacial score (nSPS) is 18.9. The average Bonchev–Trinajstić information content (AvgIpc) is 3.48. The van der Waals surface area contributed by atoms with Gasteiger partial charge in [0.25, 0.3) is 0 Å². The summed E-state index contributed by atoms with van der Waals surface area (Å²) in [6.45, 7) is 1.68. The molecule has 1 aromatic heterocycles. The van der Waals surface area contributed by atoms with Gasteiger partial charge in [-0.05, 0) is 61.0 Å². The van der Waals surface area contributed by atoms with Crippen molar-refractivity contribution in [1.82, 2.24) is 4.57 Å². The quantitative estimate of drug-likeness (QED) is 0.223. The van der Waals surface area contributed by atoms with Crippen LogP contribution in [0.4, 0.5) is 11.4 Å². The number of hydrogen-bond donors (Lipinski definition) is 1. The van der Waals surface area contributed by atoms with Crippen LogP contribution in [0.15, 0.2) is 88.7 Å². The standard InChI is InChI=1S/C32H27N3O7S2/c1-3-42-31(39)19-9-13-21(14-10-19)35-28(37)25-24(18-7-5-4-6-8-18)27-30(43-26(25)29(35)38)34(32(40)44-27)17-23(36)33-20-11-15-22(41-2)16-12-20/h4-16,24-26H,3,17H2,1-2H3,(H,33,36)/t24-,25-,26+/m0/s1. The van der Waals surface area contributed by atoms with Crippen molar-refractivity contribution in [3.05, 3.63) is 105 Å². The number of carbonyl (C=O) groups excluding carboxylic acids is 4. The first-order chi connectivity index (χ1) is 21.3. The molecule has 224 valence electrons. The number of nitrogens with zero attached hydrogens (tertiary/aromatic N) is 2. The van der Waals surface area contributed by atoms with E-state index >= 15 is 0 Å². The fourth-order valence-electron chi connectivity index (χ4n) is 5.51. The number of thiazole rings is 1. The molecule has 3 amide bonds. The molecule has 10 nitrogen and oxygen atoms in total. The second kappa shape index (κ2) is 12.1. The molecule has 3 atom stereocenters. The number of nitrogens with one attached hydrogen (secondary N) is 1. The molecule has 3 aromatic carbocycles. The molecule has 0 bridgehead atoms. The number of ether oxygens (including phenoxy) is 2. The Morgan fingerprint density at radius 3 is 2.27 bits per heavy atom. The van der Waals surface area contributed by atoms with E-state index in [9.17, 15) is 24.0 Å². The zero-order valence-electron chi connectivity index (χ0n) is 23.7. The van der Waals surface area contributed by atoms with E-state index in [0.29, 0.717) is 32.6 Å². The molecule has 12 heteroatoms. The lowest BCUT2D eigenvalue weighted by Gasteiger charge is -2.30. The third-order valence-electron chi connectivity index (χ3n) is 7.52. The zero-order valence-corrected chi connectivity index (χ0v) is 25.4. The van der Waals surface area contributed by atoms with Crippen LogP contribution in [0.1, 0.15) is 33.6 Å². The number of anilines is 2. The summed E-state index contributed by atoms with van der Waals surface area (Å²) in [4.78, 5) is 67.9. The molecule has 3 heterocycles. The van der Waals surface area contributed by atoms with Gasteiger partial charge in [0.1, 0.15) is 17.5 Å². The Morgan fingerprint density at radius 2 is 1.61 bits per heavy atom. The summed E-state index contributed by atoms with van der Waals surface area (Å²) >= 11 is 2.13. The lowest BCUT2D eigenvalue weighted by Crippen LogP contribution is -2.33. The SMILES string of the molecule is CCOC(=O)c1ccc(N2C(=O)[C@H]3[C@H](c4ccccc4)c4sc(=O)n(CC(=O)Nc5ccc(OC)cc5)c4S[C@H]3C2=O)cc1. The number of thioether (sulfide) groups is 1. The first-order valence-corrected chi connectivity index (χ1v) is 15.5. The number of carbonyl (C=O) groups is 4. The number of methoxy groups -OCH3 is 1. The highest BCUT2D eigenvalue weighted by molar-refractivity contribution is 8.00. The van der Waals surface area contributed by atoms with Gasteiger partial charge in [0.15, 0.2) is 0 Å². The van der Waals surface area contributed by atoms with Crippen LogP contribution >= 0.6 is 23.1 Å². The number of benzene rings is 3. The molecule has 2 aliphatic rings. The third-order valence-corrected chi connectivity index (χ3v) is 10.1. The van der Waals surface area contributed by atoms with Crippen LogP contribution in [-0.2, 0) is 25.7 Å². The van der Waals surface area contributed by atoms with Gasteiger partial charge in [0, 0.05) is 16.5 Å². The molecule has 0 aliphatic carbocycles. The molecule has 0 unspecified atom stereocenters. The second-order valence-corrected chi connectivity index (χ2v) is 12.3. The summed E-state index contributed by atoms with van der Waals surface area (Å²) in [7, 11) is 1.55. The number of rotatable bonds is 8. The van der Waals surface area contributed by atoms with Crippen molar-refractivity contribution in [3.63, 3.8) is 0 Å². The zero-order chi connectivity index (χ0) is 31.0. The van der Waals surface area contributed by atoms with Gasteiger partial charge in [0.2, 0.25) is 17.7 Å². The highest BCUT2D eigenvalue weighted by Crippen LogP contribution is 2.53. The molecule has 0 saturated carbocycles. The molecular formula is C32H27N3O7S2. The predicted molar refractivity (Wildman–Crippen MR) is 167 cm³/mol. The minimum Gasteiger partial charge on any atom is -0.497 e.